The second kappa shape index (κ2) is 10.2. The molecule has 8 heteroatoms. The molecule has 0 unspecified atom stereocenters. The largest absolute Gasteiger partial charge is 0.452 e. The lowest BCUT2D eigenvalue weighted by Crippen LogP contribution is -2.47. The maximum atomic E-state index is 13.1. The van der Waals surface area contributed by atoms with Crippen molar-refractivity contribution in [3.05, 3.63) is 40.6 Å². The van der Waals surface area contributed by atoms with Crippen LogP contribution in [0.2, 0.25) is 0 Å². The standard InChI is InChI=1S/C25H31N3O5/c1-3-32-25(31)28-12-10-17(11-13-28)26-22(29)15-33-24(30)23-18-6-4-5-7-20(18)27-21-9-8-16(2)14-19(21)23/h8-9,14,17H,3-7,10-13,15H2,1-2H3,(H,26,29). The van der Waals surface area contributed by atoms with E-state index in [1.165, 1.54) is 0 Å². The molecule has 33 heavy (non-hydrogen) atoms. The van der Waals surface area contributed by atoms with Crippen LogP contribution in [-0.2, 0) is 27.1 Å². The molecule has 1 aliphatic carbocycles. The third kappa shape index (κ3) is 5.26. The Kier molecular flexibility index (Phi) is 7.11. The molecule has 1 N–H and O–H groups in total. The van der Waals surface area contributed by atoms with Gasteiger partial charge in [-0.3, -0.25) is 9.78 Å². The van der Waals surface area contributed by atoms with Crippen LogP contribution < -0.4 is 5.32 Å². The highest BCUT2D eigenvalue weighted by molar-refractivity contribution is 6.05. The van der Waals surface area contributed by atoms with Crippen molar-refractivity contribution < 1.29 is 23.9 Å². The van der Waals surface area contributed by atoms with Crippen LogP contribution in [0.15, 0.2) is 18.2 Å². The average Bonchev–Trinajstić information content (AvgIpc) is 2.81. The Hall–Kier alpha value is -3.16. The predicted molar refractivity (Wildman–Crippen MR) is 123 cm³/mol. The molecule has 0 radical (unpaired) electrons. The van der Waals surface area contributed by atoms with Gasteiger partial charge in [-0.2, -0.15) is 0 Å². The summed E-state index contributed by atoms with van der Waals surface area (Å²) in [5, 5.41) is 3.70. The first-order valence-electron chi connectivity index (χ1n) is 11.8. The quantitative estimate of drug-likeness (QED) is 0.698. The van der Waals surface area contributed by atoms with Gasteiger partial charge in [-0.15, -0.1) is 0 Å². The lowest BCUT2D eigenvalue weighted by Gasteiger charge is -2.31. The van der Waals surface area contributed by atoms with E-state index in [1.807, 2.05) is 25.1 Å². The molecule has 1 aromatic carbocycles. The molecule has 2 aromatic rings. The molecule has 0 saturated carbocycles. The predicted octanol–water partition coefficient (Wildman–Crippen LogP) is 3.32. The Labute approximate surface area is 193 Å². The Balaban J connectivity index is 1.39. The molecular weight excluding hydrogens is 422 g/mol. The average molecular weight is 454 g/mol. The van der Waals surface area contributed by atoms with Crippen molar-refractivity contribution in [2.24, 2.45) is 0 Å². The van der Waals surface area contributed by atoms with Crippen LogP contribution in [0.5, 0.6) is 0 Å². The van der Waals surface area contributed by atoms with Crippen molar-refractivity contribution in [3.63, 3.8) is 0 Å². The van der Waals surface area contributed by atoms with E-state index in [-0.39, 0.29) is 24.6 Å². The summed E-state index contributed by atoms with van der Waals surface area (Å²) in [4.78, 5) is 43.8. The van der Waals surface area contributed by atoms with Crippen molar-refractivity contribution in [3.8, 4) is 0 Å². The minimum absolute atomic E-state index is 0.0564. The van der Waals surface area contributed by atoms with Crippen LogP contribution >= 0.6 is 0 Å². The molecule has 2 amide bonds. The summed E-state index contributed by atoms with van der Waals surface area (Å²) in [6.45, 7) is 4.82. The van der Waals surface area contributed by atoms with E-state index >= 15 is 0 Å². The van der Waals surface area contributed by atoms with E-state index in [0.717, 1.165) is 53.4 Å². The minimum atomic E-state index is -0.474. The Morgan fingerprint density at radius 2 is 1.88 bits per heavy atom. The topological polar surface area (TPSA) is 97.8 Å². The van der Waals surface area contributed by atoms with Crippen molar-refractivity contribution in [2.45, 2.75) is 58.4 Å². The third-order valence-corrected chi connectivity index (χ3v) is 6.34. The second-order valence-corrected chi connectivity index (χ2v) is 8.74. The maximum Gasteiger partial charge on any atom is 0.409 e. The molecule has 1 aromatic heterocycles. The van der Waals surface area contributed by atoms with Gasteiger partial charge < -0.3 is 19.7 Å². The number of carbonyl (C=O) groups excluding carboxylic acids is 3. The lowest BCUT2D eigenvalue weighted by atomic mass is 9.89. The van der Waals surface area contributed by atoms with Crippen molar-refractivity contribution in [1.29, 1.82) is 0 Å². The second-order valence-electron chi connectivity index (χ2n) is 8.74. The molecule has 8 nitrogen and oxygen atoms in total. The first kappa shape index (κ1) is 23.0. The number of ether oxygens (including phenoxy) is 2. The molecule has 0 atom stereocenters. The Morgan fingerprint density at radius 3 is 2.64 bits per heavy atom. The number of fused-ring (bicyclic) bond motifs is 2. The number of amides is 2. The summed E-state index contributed by atoms with van der Waals surface area (Å²) in [7, 11) is 0. The number of nitrogens with zero attached hydrogens (tertiary/aromatic N) is 2. The van der Waals surface area contributed by atoms with E-state index in [1.54, 1.807) is 11.8 Å². The number of aromatic nitrogens is 1. The van der Waals surface area contributed by atoms with Crippen LogP contribution in [0, 0.1) is 6.92 Å². The van der Waals surface area contributed by atoms with Gasteiger partial charge in [0, 0.05) is 30.2 Å². The maximum absolute atomic E-state index is 13.1. The highest BCUT2D eigenvalue weighted by atomic mass is 16.6. The van der Waals surface area contributed by atoms with Gasteiger partial charge in [0.25, 0.3) is 5.91 Å². The molecule has 4 rings (SSSR count). The molecule has 0 spiro atoms. The van der Waals surface area contributed by atoms with Crippen LogP contribution in [0.3, 0.4) is 0 Å². The van der Waals surface area contributed by atoms with Crippen LogP contribution in [0.1, 0.15) is 59.8 Å². The zero-order valence-electron chi connectivity index (χ0n) is 19.3. The number of nitrogens with one attached hydrogen (secondary N) is 1. The van der Waals surface area contributed by atoms with Gasteiger partial charge in [-0.25, -0.2) is 9.59 Å². The van der Waals surface area contributed by atoms with Crippen molar-refractivity contribution in [1.82, 2.24) is 15.2 Å². The number of aryl methyl sites for hydroxylation is 2. The number of rotatable bonds is 5. The molecule has 2 heterocycles. The summed E-state index contributed by atoms with van der Waals surface area (Å²) in [5.74, 6) is -0.806. The third-order valence-electron chi connectivity index (χ3n) is 6.34. The molecule has 176 valence electrons. The molecule has 0 bridgehead atoms. The zero-order chi connectivity index (χ0) is 23.4. The number of benzene rings is 1. The number of piperidine rings is 1. The van der Waals surface area contributed by atoms with E-state index in [2.05, 4.69) is 5.32 Å². The molecule has 1 fully saturated rings. The molecule has 1 aliphatic heterocycles. The molecular formula is C25H31N3O5. The lowest BCUT2D eigenvalue weighted by molar-refractivity contribution is -0.125. The SMILES string of the molecule is CCOC(=O)N1CCC(NC(=O)COC(=O)c2c3c(nc4ccc(C)cc24)CCCC3)CC1. The summed E-state index contributed by atoms with van der Waals surface area (Å²) in [6, 6.07) is 5.83. The van der Waals surface area contributed by atoms with Gasteiger partial charge in [0.05, 0.1) is 17.7 Å². The number of hydrogen-bond acceptors (Lipinski definition) is 6. The minimum Gasteiger partial charge on any atom is -0.452 e. The summed E-state index contributed by atoms with van der Waals surface area (Å²) >= 11 is 0. The van der Waals surface area contributed by atoms with Gasteiger partial charge in [0.1, 0.15) is 0 Å². The Morgan fingerprint density at radius 1 is 1.12 bits per heavy atom. The Bertz CT molecular complexity index is 1060. The number of esters is 1. The highest BCUT2D eigenvalue weighted by Gasteiger charge is 2.26. The normalized spacial score (nSPS) is 16.2. The number of pyridine rings is 1. The summed E-state index contributed by atoms with van der Waals surface area (Å²) in [6.07, 6.45) is 4.67. The fraction of sp³-hybridized carbons (Fsp3) is 0.520. The molecule has 1 saturated heterocycles. The van der Waals surface area contributed by atoms with Gasteiger partial charge in [0.2, 0.25) is 0 Å². The first-order chi connectivity index (χ1) is 16.0. The van der Waals surface area contributed by atoms with Crippen molar-refractivity contribution in [2.75, 3.05) is 26.3 Å². The smallest absolute Gasteiger partial charge is 0.409 e. The fourth-order valence-corrected chi connectivity index (χ4v) is 4.66. The first-order valence-corrected chi connectivity index (χ1v) is 11.8. The van der Waals surface area contributed by atoms with Crippen molar-refractivity contribution >= 4 is 28.9 Å². The van der Waals surface area contributed by atoms with Gasteiger partial charge in [-0.05, 0) is 70.1 Å². The highest BCUT2D eigenvalue weighted by Crippen LogP contribution is 2.30. The fourth-order valence-electron chi connectivity index (χ4n) is 4.66. The monoisotopic (exact) mass is 453 g/mol. The number of carbonyl (C=O) groups is 3. The van der Waals surface area contributed by atoms with Gasteiger partial charge in [-0.1, -0.05) is 11.6 Å². The van der Waals surface area contributed by atoms with Gasteiger partial charge in [0.15, 0.2) is 6.61 Å². The summed E-state index contributed by atoms with van der Waals surface area (Å²) in [5.41, 5.74) is 4.29. The number of hydrogen-bond donors (Lipinski definition) is 1. The zero-order valence-corrected chi connectivity index (χ0v) is 19.3. The van der Waals surface area contributed by atoms with E-state index in [9.17, 15) is 14.4 Å². The van der Waals surface area contributed by atoms with Crippen LogP contribution in [0.25, 0.3) is 10.9 Å². The molecule has 2 aliphatic rings. The van der Waals surface area contributed by atoms with E-state index < -0.39 is 5.97 Å². The van der Waals surface area contributed by atoms with Crippen LogP contribution in [0.4, 0.5) is 4.79 Å². The number of likely N-dealkylation sites (tertiary alicyclic amines) is 1. The van der Waals surface area contributed by atoms with E-state index in [0.29, 0.717) is 38.1 Å². The van der Waals surface area contributed by atoms with Crippen LogP contribution in [-0.4, -0.2) is 60.2 Å². The summed E-state index contributed by atoms with van der Waals surface area (Å²) < 4.78 is 10.5. The van der Waals surface area contributed by atoms with Gasteiger partial charge >= 0.3 is 12.1 Å². The van der Waals surface area contributed by atoms with E-state index in [4.69, 9.17) is 14.5 Å².